The molecular weight excluding hydrogens is 416 g/mol. The lowest BCUT2D eigenvalue weighted by Gasteiger charge is -2.08. The number of aryl methyl sites for hydroxylation is 1. The van der Waals surface area contributed by atoms with Crippen LogP contribution in [-0.4, -0.2) is 27.9 Å². The molecule has 5 nitrogen and oxygen atoms in total. The summed E-state index contributed by atoms with van der Waals surface area (Å²) in [5.74, 6) is -0.786. The number of nitrogens with zero attached hydrogens (tertiary/aromatic N) is 2. The van der Waals surface area contributed by atoms with Crippen molar-refractivity contribution in [1.29, 1.82) is 0 Å². The standard InChI is InChI=1S/C19H17BrN2O3S/c1-12-6-17(13(2)22(12)10-16-4-3-5-26-16)18(23)11-25-19(24)14-7-15(20)9-21-8-14/h3-9H,10-11H2,1-2H3. The van der Waals surface area contributed by atoms with Crippen LogP contribution in [-0.2, 0) is 11.3 Å². The van der Waals surface area contributed by atoms with Gasteiger partial charge in [-0.3, -0.25) is 9.78 Å². The fourth-order valence-corrected chi connectivity index (χ4v) is 3.76. The molecule has 0 aliphatic heterocycles. The highest BCUT2D eigenvalue weighted by molar-refractivity contribution is 9.10. The van der Waals surface area contributed by atoms with Gasteiger partial charge in [-0.05, 0) is 53.4 Å². The molecule has 3 rings (SSSR count). The lowest BCUT2D eigenvalue weighted by atomic mass is 10.1. The van der Waals surface area contributed by atoms with Crippen molar-refractivity contribution < 1.29 is 14.3 Å². The van der Waals surface area contributed by atoms with Gasteiger partial charge < -0.3 is 9.30 Å². The van der Waals surface area contributed by atoms with Gasteiger partial charge in [0.05, 0.1) is 12.1 Å². The third-order valence-corrected chi connectivity index (χ3v) is 5.34. The number of ketones is 1. The molecule has 7 heteroatoms. The molecule has 0 aromatic carbocycles. The van der Waals surface area contributed by atoms with Crippen molar-refractivity contribution in [3.8, 4) is 0 Å². The molecule has 0 unspecified atom stereocenters. The summed E-state index contributed by atoms with van der Waals surface area (Å²) in [5.41, 5.74) is 2.76. The van der Waals surface area contributed by atoms with Crippen molar-refractivity contribution in [2.45, 2.75) is 20.4 Å². The summed E-state index contributed by atoms with van der Waals surface area (Å²) < 4.78 is 7.93. The Morgan fingerprint density at radius 3 is 2.77 bits per heavy atom. The van der Waals surface area contributed by atoms with Gasteiger partial charge in [0.2, 0.25) is 5.78 Å². The van der Waals surface area contributed by atoms with Crippen molar-refractivity contribution in [2.75, 3.05) is 6.61 Å². The van der Waals surface area contributed by atoms with E-state index in [2.05, 4.69) is 31.5 Å². The second-order valence-corrected chi connectivity index (χ2v) is 7.79. The van der Waals surface area contributed by atoms with Crippen LogP contribution in [0.25, 0.3) is 0 Å². The summed E-state index contributed by atoms with van der Waals surface area (Å²) in [7, 11) is 0. The van der Waals surface area contributed by atoms with E-state index >= 15 is 0 Å². The first-order valence-corrected chi connectivity index (χ1v) is 9.63. The summed E-state index contributed by atoms with van der Waals surface area (Å²) in [6.07, 6.45) is 2.98. The van der Waals surface area contributed by atoms with Gasteiger partial charge in [-0.25, -0.2) is 4.79 Å². The van der Waals surface area contributed by atoms with E-state index in [0.717, 1.165) is 17.9 Å². The molecule has 26 heavy (non-hydrogen) atoms. The lowest BCUT2D eigenvalue weighted by molar-refractivity contribution is 0.0474. The van der Waals surface area contributed by atoms with Crippen LogP contribution < -0.4 is 0 Å². The van der Waals surface area contributed by atoms with Gasteiger partial charge in [-0.15, -0.1) is 11.3 Å². The number of hydrogen-bond acceptors (Lipinski definition) is 5. The fourth-order valence-electron chi connectivity index (χ4n) is 2.70. The molecule has 3 aromatic heterocycles. The molecule has 0 saturated carbocycles. The highest BCUT2D eigenvalue weighted by Gasteiger charge is 2.18. The first kappa shape index (κ1) is 18.5. The van der Waals surface area contributed by atoms with Crippen LogP contribution in [0.1, 0.15) is 37.0 Å². The Morgan fingerprint density at radius 2 is 2.08 bits per heavy atom. The number of rotatable bonds is 6. The topological polar surface area (TPSA) is 61.2 Å². The van der Waals surface area contributed by atoms with Crippen LogP contribution >= 0.6 is 27.3 Å². The van der Waals surface area contributed by atoms with Gasteiger partial charge >= 0.3 is 5.97 Å². The number of pyridine rings is 1. The molecule has 0 spiro atoms. The number of carbonyl (C=O) groups is 2. The number of Topliss-reactive ketones (excluding diaryl/α,β-unsaturated/α-hetero) is 1. The van der Waals surface area contributed by atoms with Crippen LogP contribution in [0.2, 0.25) is 0 Å². The Morgan fingerprint density at radius 1 is 1.27 bits per heavy atom. The molecule has 0 amide bonds. The van der Waals surface area contributed by atoms with E-state index in [1.54, 1.807) is 23.6 Å². The molecule has 0 saturated heterocycles. The number of esters is 1. The largest absolute Gasteiger partial charge is 0.454 e. The third-order valence-electron chi connectivity index (χ3n) is 4.04. The van der Waals surface area contributed by atoms with Gasteiger partial charge in [0.25, 0.3) is 0 Å². The molecular formula is C19H17BrN2O3S. The zero-order valence-electron chi connectivity index (χ0n) is 14.4. The molecule has 0 fully saturated rings. The van der Waals surface area contributed by atoms with Crippen LogP contribution in [0.4, 0.5) is 0 Å². The number of thiophene rings is 1. The molecule has 3 aromatic rings. The van der Waals surface area contributed by atoms with Crippen LogP contribution in [0.5, 0.6) is 0 Å². The van der Waals surface area contributed by atoms with Crippen molar-refractivity contribution >= 4 is 39.0 Å². The van der Waals surface area contributed by atoms with Gasteiger partial charge in [-0.1, -0.05) is 6.07 Å². The number of ether oxygens (including phenoxy) is 1. The summed E-state index contributed by atoms with van der Waals surface area (Å²) in [6, 6.07) is 7.53. The van der Waals surface area contributed by atoms with Gasteiger partial charge in [0.1, 0.15) is 0 Å². The number of carbonyl (C=O) groups excluding carboxylic acids is 2. The highest BCUT2D eigenvalue weighted by Crippen LogP contribution is 2.20. The minimum atomic E-state index is -0.570. The van der Waals surface area contributed by atoms with E-state index in [1.807, 2.05) is 31.4 Å². The van der Waals surface area contributed by atoms with E-state index in [-0.39, 0.29) is 12.4 Å². The van der Waals surface area contributed by atoms with E-state index < -0.39 is 5.97 Å². The summed E-state index contributed by atoms with van der Waals surface area (Å²) >= 11 is 4.93. The maximum absolute atomic E-state index is 12.5. The monoisotopic (exact) mass is 432 g/mol. The second-order valence-electron chi connectivity index (χ2n) is 5.84. The molecule has 0 bridgehead atoms. The van der Waals surface area contributed by atoms with E-state index in [0.29, 0.717) is 15.6 Å². The molecule has 0 aliphatic rings. The Labute approximate surface area is 163 Å². The van der Waals surface area contributed by atoms with E-state index in [9.17, 15) is 9.59 Å². The minimum Gasteiger partial charge on any atom is -0.454 e. The Hall–Kier alpha value is -2.25. The summed E-state index contributed by atoms with van der Waals surface area (Å²) in [4.78, 5) is 29.7. The predicted molar refractivity (Wildman–Crippen MR) is 104 cm³/mol. The Bertz CT molecular complexity index is 948. The van der Waals surface area contributed by atoms with Gasteiger partial charge in [-0.2, -0.15) is 0 Å². The molecule has 3 heterocycles. The Balaban J connectivity index is 1.69. The molecule has 0 aliphatic carbocycles. The predicted octanol–water partition coefficient (Wildman–Crippen LogP) is 4.41. The van der Waals surface area contributed by atoms with E-state index in [4.69, 9.17) is 4.74 Å². The van der Waals surface area contributed by atoms with Crippen LogP contribution in [0, 0.1) is 13.8 Å². The van der Waals surface area contributed by atoms with Crippen LogP contribution in [0.3, 0.4) is 0 Å². The molecule has 134 valence electrons. The zero-order valence-corrected chi connectivity index (χ0v) is 16.8. The third kappa shape index (κ3) is 4.11. The average Bonchev–Trinajstić information content (AvgIpc) is 3.23. The number of aromatic nitrogens is 2. The molecule has 0 N–H and O–H groups in total. The lowest BCUT2D eigenvalue weighted by Crippen LogP contribution is -2.15. The van der Waals surface area contributed by atoms with Crippen LogP contribution in [0.15, 0.2) is 46.5 Å². The minimum absolute atomic E-state index is 0.216. The molecule has 0 radical (unpaired) electrons. The summed E-state index contributed by atoms with van der Waals surface area (Å²) in [6.45, 7) is 4.31. The van der Waals surface area contributed by atoms with Gasteiger partial charge in [0.15, 0.2) is 6.61 Å². The SMILES string of the molecule is Cc1cc(C(=O)COC(=O)c2cncc(Br)c2)c(C)n1Cc1cccs1. The van der Waals surface area contributed by atoms with Gasteiger partial charge in [0, 0.05) is 38.7 Å². The highest BCUT2D eigenvalue weighted by atomic mass is 79.9. The first-order chi connectivity index (χ1) is 12.5. The normalized spacial score (nSPS) is 10.7. The van der Waals surface area contributed by atoms with Crippen molar-refractivity contribution in [2.24, 2.45) is 0 Å². The van der Waals surface area contributed by atoms with Crippen molar-refractivity contribution in [3.05, 3.63) is 73.9 Å². The summed E-state index contributed by atoms with van der Waals surface area (Å²) in [5, 5.41) is 2.03. The number of hydrogen-bond donors (Lipinski definition) is 0. The maximum atomic E-state index is 12.5. The fraction of sp³-hybridized carbons (Fsp3) is 0.211. The van der Waals surface area contributed by atoms with Crippen molar-refractivity contribution in [1.82, 2.24) is 9.55 Å². The van der Waals surface area contributed by atoms with E-state index in [1.165, 1.54) is 11.1 Å². The smallest absolute Gasteiger partial charge is 0.340 e. The van der Waals surface area contributed by atoms with Crippen molar-refractivity contribution in [3.63, 3.8) is 0 Å². The average molecular weight is 433 g/mol. The number of halogens is 1. The maximum Gasteiger partial charge on any atom is 0.340 e. The zero-order chi connectivity index (χ0) is 18.7. The molecule has 0 atom stereocenters. The first-order valence-electron chi connectivity index (χ1n) is 7.95. The Kier molecular flexibility index (Phi) is 5.68. The second kappa shape index (κ2) is 7.97. The quantitative estimate of drug-likeness (QED) is 0.427.